The van der Waals surface area contributed by atoms with Crippen molar-refractivity contribution in [2.45, 2.75) is 19.5 Å². The highest BCUT2D eigenvalue weighted by molar-refractivity contribution is 6.30. The first-order valence-electron chi connectivity index (χ1n) is 6.45. The average molecular weight is 292 g/mol. The predicted octanol–water partition coefficient (Wildman–Crippen LogP) is 3.91. The molecule has 0 radical (unpaired) electrons. The van der Waals surface area contributed by atoms with E-state index in [0.717, 1.165) is 16.1 Å². The van der Waals surface area contributed by atoms with Gasteiger partial charge in [0.25, 0.3) is 0 Å². The minimum Gasteiger partial charge on any atom is -0.504 e. The summed E-state index contributed by atoms with van der Waals surface area (Å²) >= 11 is 5.99. The molecule has 0 spiro atoms. The molecular formula is C16H18ClNO2. The molecule has 4 heteroatoms. The summed E-state index contributed by atoms with van der Waals surface area (Å²) < 4.78 is 5.10. The second kappa shape index (κ2) is 6.64. The number of methoxy groups -OCH3 is 1. The second-order valence-electron chi connectivity index (χ2n) is 4.63. The van der Waals surface area contributed by atoms with Crippen LogP contribution in [0.5, 0.6) is 11.5 Å². The molecule has 1 atom stereocenters. The van der Waals surface area contributed by atoms with Crippen LogP contribution in [0.4, 0.5) is 0 Å². The molecule has 0 aliphatic heterocycles. The first-order chi connectivity index (χ1) is 9.61. The van der Waals surface area contributed by atoms with Crippen molar-refractivity contribution in [3.63, 3.8) is 0 Å². The molecule has 1 unspecified atom stereocenters. The molecule has 2 N–H and O–H groups in total. The van der Waals surface area contributed by atoms with Crippen LogP contribution >= 0.6 is 11.6 Å². The van der Waals surface area contributed by atoms with Gasteiger partial charge in [-0.1, -0.05) is 35.9 Å². The van der Waals surface area contributed by atoms with Crippen molar-refractivity contribution in [3.05, 3.63) is 58.6 Å². The van der Waals surface area contributed by atoms with Crippen LogP contribution in [0, 0.1) is 0 Å². The molecule has 0 saturated carbocycles. The number of para-hydroxylation sites is 1. The minimum absolute atomic E-state index is 0.138. The maximum absolute atomic E-state index is 10.0. The van der Waals surface area contributed by atoms with Gasteiger partial charge in [-0.15, -0.1) is 0 Å². The summed E-state index contributed by atoms with van der Waals surface area (Å²) in [6.07, 6.45) is 0. The van der Waals surface area contributed by atoms with Crippen LogP contribution in [0.3, 0.4) is 0 Å². The molecule has 0 fully saturated rings. The maximum atomic E-state index is 10.0. The van der Waals surface area contributed by atoms with Gasteiger partial charge in [0.15, 0.2) is 11.5 Å². The predicted molar refractivity (Wildman–Crippen MR) is 81.4 cm³/mol. The van der Waals surface area contributed by atoms with Crippen molar-refractivity contribution < 1.29 is 9.84 Å². The molecule has 0 aromatic heterocycles. The highest BCUT2D eigenvalue weighted by atomic mass is 35.5. The molecule has 0 bridgehead atoms. The third-order valence-electron chi connectivity index (χ3n) is 3.25. The monoisotopic (exact) mass is 291 g/mol. The third kappa shape index (κ3) is 3.44. The molecule has 2 aromatic carbocycles. The Hall–Kier alpha value is -1.71. The largest absolute Gasteiger partial charge is 0.504 e. The SMILES string of the molecule is COc1cccc(CNC(C)c2cccc(Cl)c2)c1O. The molecule has 0 heterocycles. The van der Waals surface area contributed by atoms with Crippen molar-refractivity contribution in [1.82, 2.24) is 5.32 Å². The summed E-state index contributed by atoms with van der Waals surface area (Å²) in [6.45, 7) is 2.61. The Labute approximate surface area is 124 Å². The zero-order valence-corrected chi connectivity index (χ0v) is 12.3. The number of rotatable bonds is 5. The zero-order valence-electron chi connectivity index (χ0n) is 11.6. The number of ether oxygens (including phenoxy) is 1. The van der Waals surface area contributed by atoms with Crippen LogP contribution in [-0.2, 0) is 6.54 Å². The topological polar surface area (TPSA) is 41.5 Å². The molecule has 0 aliphatic rings. The number of hydrogen-bond donors (Lipinski definition) is 2. The Kier molecular flexibility index (Phi) is 4.88. The normalized spacial score (nSPS) is 12.2. The third-order valence-corrected chi connectivity index (χ3v) is 3.48. The molecule has 20 heavy (non-hydrogen) atoms. The van der Waals surface area contributed by atoms with Gasteiger partial charge in [0.2, 0.25) is 0 Å². The lowest BCUT2D eigenvalue weighted by Crippen LogP contribution is -2.18. The zero-order chi connectivity index (χ0) is 14.5. The lowest BCUT2D eigenvalue weighted by Gasteiger charge is -2.16. The fourth-order valence-electron chi connectivity index (χ4n) is 2.03. The van der Waals surface area contributed by atoms with Gasteiger partial charge >= 0.3 is 0 Å². The average Bonchev–Trinajstić information content (AvgIpc) is 2.46. The molecule has 2 aromatic rings. The molecule has 3 nitrogen and oxygen atoms in total. The Morgan fingerprint density at radius 2 is 2.00 bits per heavy atom. The van der Waals surface area contributed by atoms with E-state index in [2.05, 4.69) is 12.2 Å². The summed E-state index contributed by atoms with van der Waals surface area (Å²) in [5.74, 6) is 0.667. The number of halogens is 1. The van der Waals surface area contributed by atoms with E-state index in [1.54, 1.807) is 13.2 Å². The lowest BCUT2D eigenvalue weighted by molar-refractivity contribution is 0.369. The van der Waals surface area contributed by atoms with Gasteiger partial charge in [0.05, 0.1) is 7.11 Å². The first-order valence-corrected chi connectivity index (χ1v) is 6.83. The van der Waals surface area contributed by atoms with Crippen LogP contribution in [0.2, 0.25) is 5.02 Å². The smallest absolute Gasteiger partial charge is 0.162 e. The molecule has 106 valence electrons. The number of phenolic OH excluding ortho intramolecular Hbond substituents is 1. The summed E-state index contributed by atoms with van der Waals surface area (Å²) in [5, 5.41) is 14.1. The molecule has 0 saturated heterocycles. The maximum Gasteiger partial charge on any atom is 0.162 e. The van der Waals surface area contributed by atoms with E-state index < -0.39 is 0 Å². The molecule has 2 rings (SSSR count). The van der Waals surface area contributed by atoms with Crippen molar-refractivity contribution >= 4 is 11.6 Å². The summed E-state index contributed by atoms with van der Waals surface area (Å²) in [6, 6.07) is 13.3. The number of benzene rings is 2. The van der Waals surface area contributed by atoms with Crippen LogP contribution in [0.1, 0.15) is 24.1 Å². The molecule has 0 aliphatic carbocycles. The Morgan fingerprint density at radius 3 is 2.70 bits per heavy atom. The Morgan fingerprint density at radius 1 is 1.25 bits per heavy atom. The highest BCUT2D eigenvalue weighted by Gasteiger charge is 2.10. The van der Waals surface area contributed by atoms with Gasteiger partial charge in [-0.2, -0.15) is 0 Å². The standard InChI is InChI=1S/C16H18ClNO2/c1-11(12-5-3-7-14(17)9-12)18-10-13-6-4-8-15(20-2)16(13)19/h3-9,11,18-19H,10H2,1-2H3. The fraction of sp³-hybridized carbons (Fsp3) is 0.250. The van der Waals surface area contributed by atoms with Gasteiger partial charge in [0.1, 0.15) is 0 Å². The van der Waals surface area contributed by atoms with Crippen molar-refractivity contribution in [2.24, 2.45) is 0 Å². The van der Waals surface area contributed by atoms with Gasteiger partial charge < -0.3 is 15.2 Å². The van der Waals surface area contributed by atoms with Gasteiger partial charge in [0, 0.05) is 23.2 Å². The van der Waals surface area contributed by atoms with Gasteiger partial charge in [-0.3, -0.25) is 0 Å². The van der Waals surface area contributed by atoms with Crippen molar-refractivity contribution in [2.75, 3.05) is 7.11 Å². The quantitative estimate of drug-likeness (QED) is 0.878. The number of aromatic hydroxyl groups is 1. The van der Waals surface area contributed by atoms with Crippen molar-refractivity contribution in [3.8, 4) is 11.5 Å². The number of hydrogen-bond acceptors (Lipinski definition) is 3. The number of phenols is 1. The molecular weight excluding hydrogens is 274 g/mol. The van der Waals surface area contributed by atoms with Crippen molar-refractivity contribution in [1.29, 1.82) is 0 Å². The van der Waals surface area contributed by atoms with E-state index in [4.69, 9.17) is 16.3 Å². The second-order valence-corrected chi connectivity index (χ2v) is 5.06. The lowest BCUT2D eigenvalue weighted by atomic mass is 10.1. The molecule has 0 amide bonds. The van der Waals surface area contributed by atoms with Gasteiger partial charge in [-0.05, 0) is 30.7 Å². The van der Waals surface area contributed by atoms with E-state index in [1.165, 1.54) is 0 Å². The van der Waals surface area contributed by atoms with E-state index in [1.807, 2.05) is 36.4 Å². The number of nitrogens with one attached hydrogen (secondary N) is 1. The van der Waals surface area contributed by atoms with Gasteiger partial charge in [-0.25, -0.2) is 0 Å². The van der Waals surface area contributed by atoms with E-state index in [-0.39, 0.29) is 11.8 Å². The minimum atomic E-state index is 0.138. The Balaban J connectivity index is 2.05. The van der Waals surface area contributed by atoms with Crippen LogP contribution in [-0.4, -0.2) is 12.2 Å². The summed E-state index contributed by atoms with van der Waals surface area (Å²) in [4.78, 5) is 0. The van der Waals surface area contributed by atoms with Crippen LogP contribution < -0.4 is 10.1 Å². The van der Waals surface area contributed by atoms with Crippen LogP contribution in [0.15, 0.2) is 42.5 Å². The summed E-state index contributed by atoms with van der Waals surface area (Å²) in [5.41, 5.74) is 1.91. The van der Waals surface area contributed by atoms with Crippen LogP contribution in [0.25, 0.3) is 0 Å². The summed E-state index contributed by atoms with van der Waals surface area (Å²) in [7, 11) is 1.54. The first kappa shape index (κ1) is 14.7. The van der Waals surface area contributed by atoms with E-state index >= 15 is 0 Å². The van der Waals surface area contributed by atoms with E-state index in [0.29, 0.717) is 12.3 Å². The fourth-order valence-corrected chi connectivity index (χ4v) is 2.23. The Bertz CT molecular complexity index is 586. The highest BCUT2D eigenvalue weighted by Crippen LogP contribution is 2.29. The van der Waals surface area contributed by atoms with E-state index in [9.17, 15) is 5.11 Å².